The van der Waals surface area contributed by atoms with Gasteiger partial charge in [-0.1, -0.05) is 30.3 Å². The monoisotopic (exact) mass is 284 g/mol. The summed E-state index contributed by atoms with van der Waals surface area (Å²) in [7, 11) is 0. The smallest absolute Gasteiger partial charge is 0.336 e. The number of hydrogen-bond donors (Lipinski definition) is 2. The minimum absolute atomic E-state index is 0.0375. The summed E-state index contributed by atoms with van der Waals surface area (Å²) in [6.45, 7) is 1.94. The van der Waals surface area contributed by atoms with Gasteiger partial charge in [0.15, 0.2) is 0 Å². The molecular formula is C16H12O3S. The van der Waals surface area contributed by atoms with Crippen molar-refractivity contribution >= 4 is 27.4 Å². The molecule has 4 heteroatoms. The van der Waals surface area contributed by atoms with E-state index in [9.17, 15) is 15.0 Å². The predicted molar refractivity (Wildman–Crippen MR) is 80.6 cm³/mol. The third-order valence-electron chi connectivity index (χ3n) is 3.21. The second-order valence-electron chi connectivity index (χ2n) is 4.59. The number of fused-ring (bicyclic) bond motifs is 1. The highest BCUT2D eigenvalue weighted by atomic mass is 32.1. The first-order valence-electron chi connectivity index (χ1n) is 6.12. The fourth-order valence-electron chi connectivity index (χ4n) is 2.36. The minimum Gasteiger partial charge on any atom is -0.507 e. The molecule has 0 unspecified atom stereocenters. The molecule has 0 spiro atoms. The molecule has 0 radical (unpaired) electrons. The molecule has 0 saturated carbocycles. The highest BCUT2D eigenvalue weighted by molar-refractivity contribution is 7.19. The van der Waals surface area contributed by atoms with Crippen molar-refractivity contribution < 1.29 is 15.0 Å². The van der Waals surface area contributed by atoms with Crippen LogP contribution in [0.5, 0.6) is 5.75 Å². The van der Waals surface area contributed by atoms with Gasteiger partial charge in [-0.25, -0.2) is 4.79 Å². The molecule has 0 amide bonds. The van der Waals surface area contributed by atoms with Gasteiger partial charge in [0.05, 0.1) is 5.56 Å². The van der Waals surface area contributed by atoms with E-state index in [-0.39, 0.29) is 11.3 Å². The lowest BCUT2D eigenvalue weighted by Gasteiger charge is -2.10. The normalized spacial score (nSPS) is 10.8. The molecule has 100 valence electrons. The van der Waals surface area contributed by atoms with Crippen LogP contribution in [0, 0.1) is 6.92 Å². The molecule has 0 aliphatic carbocycles. The van der Waals surface area contributed by atoms with Crippen LogP contribution in [0.2, 0.25) is 0 Å². The zero-order valence-electron chi connectivity index (χ0n) is 10.8. The number of benzene rings is 2. The molecule has 0 fully saturated rings. The number of carboxylic acid groups (broad SMARTS) is 1. The van der Waals surface area contributed by atoms with Gasteiger partial charge in [0.25, 0.3) is 0 Å². The Hall–Kier alpha value is -2.33. The van der Waals surface area contributed by atoms with Crippen LogP contribution in [0.15, 0.2) is 42.5 Å². The molecule has 3 rings (SSSR count). The minimum atomic E-state index is -1.04. The van der Waals surface area contributed by atoms with Crippen molar-refractivity contribution in [3.05, 3.63) is 52.9 Å². The van der Waals surface area contributed by atoms with Crippen molar-refractivity contribution in [2.24, 2.45) is 0 Å². The van der Waals surface area contributed by atoms with Crippen LogP contribution in [-0.2, 0) is 0 Å². The summed E-state index contributed by atoms with van der Waals surface area (Å²) in [6.07, 6.45) is 0. The van der Waals surface area contributed by atoms with E-state index < -0.39 is 5.97 Å². The Morgan fingerprint density at radius 2 is 1.85 bits per heavy atom. The molecule has 2 aromatic carbocycles. The molecule has 1 aromatic heterocycles. The second kappa shape index (κ2) is 4.65. The van der Waals surface area contributed by atoms with Gasteiger partial charge < -0.3 is 10.2 Å². The number of thiophene rings is 1. The van der Waals surface area contributed by atoms with Crippen molar-refractivity contribution in [2.75, 3.05) is 0 Å². The van der Waals surface area contributed by atoms with Crippen LogP contribution < -0.4 is 0 Å². The van der Waals surface area contributed by atoms with Gasteiger partial charge in [0, 0.05) is 20.5 Å². The first kappa shape index (κ1) is 12.7. The number of rotatable bonds is 2. The van der Waals surface area contributed by atoms with E-state index in [2.05, 4.69) is 0 Å². The maximum Gasteiger partial charge on any atom is 0.336 e. The Kier molecular flexibility index (Phi) is 2.95. The molecular weight excluding hydrogens is 272 g/mol. The molecule has 3 nitrogen and oxygen atoms in total. The van der Waals surface area contributed by atoms with E-state index in [4.69, 9.17) is 0 Å². The summed E-state index contributed by atoms with van der Waals surface area (Å²) < 4.78 is 0.789. The Labute approximate surface area is 119 Å². The van der Waals surface area contributed by atoms with Crippen LogP contribution in [-0.4, -0.2) is 16.2 Å². The second-order valence-corrected chi connectivity index (χ2v) is 5.88. The van der Waals surface area contributed by atoms with Crippen molar-refractivity contribution in [3.8, 4) is 16.9 Å². The fourth-order valence-corrected chi connectivity index (χ4v) is 3.32. The Bertz CT molecular complexity index is 803. The van der Waals surface area contributed by atoms with Crippen LogP contribution in [0.4, 0.5) is 0 Å². The average molecular weight is 284 g/mol. The van der Waals surface area contributed by atoms with Gasteiger partial charge in [-0.2, -0.15) is 0 Å². The fraction of sp³-hybridized carbons (Fsp3) is 0.0625. The lowest BCUT2D eigenvalue weighted by molar-refractivity contribution is 0.0697. The maximum atomic E-state index is 11.5. The van der Waals surface area contributed by atoms with E-state index in [1.54, 1.807) is 18.2 Å². The highest BCUT2D eigenvalue weighted by Crippen LogP contribution is 2.42. The van der Waals surface area contributed by atoms with E-state index in [1.165, 1.54) is 11.3 Å². The Morgan fingerprint density at radius 1 is 1.15 bits per heavy atom. The third-order valence-corrected chi connectivity index (χ3v) is 4.21. The van der Waals surface area contributed by atoms with Crippen molar-refractivity contribution in [2.45, 2.75) is 6.92 Å². The standard InChI is InChI=1S/C16H12O3S/c1-9-7-11-13(20-9)8-12(16(18)19)14(15(11)17)10-5-3-2-4-6-10/h2-8,17H,1H3,(H,18,19). The number of aromatic carboxylic acids is 1. The number of hydrogen-bond acceptors (Lipinski definition) is 3. The SMILES string of the molecule is Cc1cc2c(O)c(-c3ccccc3)c(C(=O)O)cc2s1. The number of aryl methyl sites for hydroxylation is 1. The largest absolute Gasteiger partial charge is 0.507 e. The Balaban J connectivity index is 2.42. The summed E-state index contributed by atoms with van der Waals surface area (Å²) in [4.78, 5) is 12.5. The number of aromatic hydroxyl groups is 1. The number of phenolic OH excluding ortho intramolecular Hbond substituents is 1. The molecule has 3 aromatic rings. The molecule has 0 atom stereocenters. The van der Waals surface area contributed by atoms with E-state index in [1.807, 2.05) is 31.2 Å². The quantitative estimate of drug-likeness (QED) is 0.738. The van der Waals surface area contributed by atoms with Crippen molar-refractivity contribution in [1.82, 2.24) is 0 Å². The molecule has 1 heterocycles. The summed E-state index contributed by atoms with van der Waals surface area (Å²) in [5.74, 6) is -0.998. The number of phenols is 1. The number of carboxylic acids is 1. The van der Waals surface area contributed by atoms with Gasteiger partial charge in [0.2, 0.25) is 0 Å². The molecule has 0 saturated heterocycles. The predicted octanol–water partition coefficient (Wildman–Crippen LogP) is 4.28. The van der Waals surface area contributed by atoms with Gasteiger partial charge in [0.1, 0.15) is 5.75 Å². The van der Waals surface area contributed by atoms with Crippen LogP contribution in [0.3, 0.4) is 0 Å². The zero-order valence-corrected chi connectivity index (χ0v) is 11.6. The first-order chi connectivity index (χ1) is 9.58. The van der Waals surface area contributed by atoms with Crippen molar-refractivity contribution in [1.29, 1.82) is 0 Å². The first-order valence-corrected chi connectivity index (χ1v) is 6.94. The zero-order chi connectivity index (χ0) is 14.3. The molecule has 2 N–H and O–H groups in total. The summed E-state index contributed by atoms with van der Waals surface area (Å²) in [5, 5.41) is 20.6. The van der Waals surface area contributed by atoms with Gasteiger partial charge >= 0.3 is 5.97 Å². The van der Waals surface area contributed by atoms with Crippen LogP contribution in [0.25, 0.3) is 21.2 Å². The maximum absolute atomic E-state index is 11.5. The van der Waals surface area contributed by atoms with E-state index >= 15 is 0 Å². The van der Waals surface area contributed by atoms with Gasteiger partial charge in [-0.15, -0.1) is 11.3 Å². The van der Waals surface area contributed by atoms with Crippen molar-refractivity contribution in [3.63, 3.8) is 0 Å². The third kappa shape index (κ3) is 1.94. The van der Waals surface area contributed by atoms with Gasteiger partial charge in [-0.3, -0.25) is 0 Å². The van der Waals surface area contributed by atoms with E-state index in [0.717, 1.165) is 9.58 Å². The topological polar surface area (TPSA) is 57.5 Å². The van der Waals surface area contributed by atoms with Gasteiger partial charge in [-0.05, 0) is 24.6 Å². The average Bonchev–Trinajstić information content (AvgIpc) is 2.80. The molecule has 0 aliphatic heterocycles. The Morgan fingerprint density at radius 3 is 2.50 bits per heavy atom. The highest BCUT2D eigenvalue weighted by Gasteiger charge is 2.20. The summed E-state index contributed by atoms with van der Waals surface area (Å²) in [5.41, 5.74) is 1.21. The van der Waals surface area contributed by atoms with Crippen LogP contribution in [0.1, 0.15) is 15.2 Å². The lowest BCUT2D eigenvalue weighted by Crippen LogP contribution is -1.99. The molecule has 0 aliphatic rings. The van der Waals surface area contributed by atoms with E-state index in [0.29, 0.717) is 16.5 Å². The molecule has 0 bridgehead atoms. The summed E-state index contributed by atoms with van der Waals surface area (Å²) in [6, 6.07) is 12.6. The lowest BCUT2D eigenvalue weighted by atomic mass is 9.97. The molecule has 20 heavy (non-hydrogen) atoms. The van der Waals surface area contributed by atoms with Crippen LogP contribution >= 0.6 is 11.3 Å². The number of carbonyl (C=O) groups is 1. The summed E-state index contributed by atoms with van der Waals surface area (Å²) >= 11 is 1.48.